The summed E-state index contributed by atoms with van der Waals surface area (Å²) in [5, 5.41) is 27.1. The van der Waals surface area contributed by atoms with Crippen LogP contribution >= 0.6 is 0 Å². The van der Waals surface area contributed by atoms with Gasteiger partial charge in [0.05, 0.1) is 5.56 Å². The van der Waals surface area contributed by atoms with E-state index in [0.717, 1.165) is 0 Å². The molecule has 2 rings (SSSR count). The minimum atomic E-state index is -0.759. The van der Waals surface area contributed by atoms with Crippen molar-refractivity contribution in [3.05, 3.63) is 59.9 Å². The monoisotopic (exact) mass is 372 g/mol. The molecule has 0 radical (unpaired) electrons. The second-order valence-electron chi connectivity index (χ2n) is 5.66. The van der Waals surface area contributed by atoms with E-state index in [0.29, 0.717) is 30.1 Å². The van der Waals surface area contributed by atoms with E-state index in [4.69, 9.17) is 10.00 Å². The highest BCUT2D eigenvalue weighted by Crippen LogP contribution is 2.16. The third-order valence-corrected chi connectivity index (χ3v) is 3.51. The molecule has 27 heavy (non-hydrogen) atoms. The van der Waals surface area contributed by atoms with Crippen molar-refractivity contribution in [1.82, 2.24) is 10.6 Å². The molecule has 0 aliphatic heterocycles. The molecule has 0 spiro atoms. The van der Waals surface area contributed by atoms with Gasteiger partial charge in [0.2, 0.25) is 0 Å². The van der Waals surface area contributed by atoms with Gasteiger partial charge in [0.1, 0.15) is 30.3 Å². The summed E-state index contributed by atoms with van der Waals surface area (Å²) in [6.07, 6.45) is -0.759. The van der Waals surface area contributed by atoms with E-state index in [1.807, 2.05) is 6.07 Å². The fourth-order valence-corrected chi connectivity index (χ4v) is 2.17. The molecule has 0 aromatic heterocycles. The summed E-state index contributed by atoms with van der Waals surface area (Å²) in [6.45, 7) is 1.11. The van der Waals surface area contributed by atoms with E-state index < -0.39 is 12.1 Å². The number of nitrogens with one attached hydrogen (secondary N) is 3. The first-order valence-corrected chi connectivity index (χ1v) is 8.39. The smallest absolute Gasteiger partial charge is 0.319 e. The molecular weight excluding hydrogens is 351 g/mol. The first kappa shape index (κ1) is 20.2. The largest absolute Gasteiger partial charge is 0.489 e. The number of para-hydroxylation sites is 1. The van der Waals surface area contributed by atoms with Gasteiger partial charge >= 0.3 is 6.03 Å². The van der Waals surface area contributed by atoms with Crippen LogP contribution in [0.4, 0.5) is 14.9 Å². The van der Waals surface area contributed by atoms with Crippen molar-refractivity contribution in [2.24, 2.45) is 0 Å². The number of halogens is 1. The molecule has 7 nitrogen and oxygen atoms in total. The summed E-state index contributed by atoms with van der Waals surface area (Å²) < 4.78 is 18.2. The zero-order chi connectivity index (χ0) is 19.5. The Balaban J connectivity index is 1.57. The van der Waals surface area contributed by atoms with Crippen LogP contribution in [-0.2, 0) is 0 Å². The SMILES string of the molecule is N#Cc1ccccc1OC[C@@H](O)CNCCNC(=O)Nc1ccc(F)cc1. The average Bonchev–Trinajstić information content (AvgIpc) is 2.68. The number of aliphatic hydroxyl groups is 1. The standard InChI is InChI=1S/C19H21FN4O3/c20-15-5-7-16(8-6-15)24-19(26)23-10-9-22-12-17(25)13-27-18-4-2-1-3-14(18)11-21/h1-8,17,22,25H,9-10,12-13H2,(H2,23,24,26)/t17-/m0/s1. The normalized spacial score (nSPS) is 11.3. The van der Waals surface area contributed by atoms with Crippen molar-refractivity contribution in [3.63, 3.8) is 0 Å². The van der Waals surface area contributed by atoms with E-state index >= 15 is 0 Å². The summed E-state index contributed by atoms with van der Waals surface area (Å²) in [7, 11) is 0. The number of nitrogens with zero attached hydrogens (tertiary/aromatic N) is 1. The Labute approximate surface area is 156 Å². The zero-order valence-electron chi connectivity index (χ0n) is 14.6. The fourth-order valence-electron chi connectivity index (χ4n) is 2.17. The van der Waals surface area contributed by atoms with Gasteiger partial charge in [-0.3, -0.25) is 0 Å². The number of aliphatic hydroxyl groups excluding tert-OH is 1. The van der Waals surface area contributed by atoms with Gasteiger partial charge in [-0.05, 0) is 36.4 Å². The highest BCUT2D eigenvalue weighted by molar-refractivity contribution is 5.89. The molecule has 0 heterocycles. The number of nitriles is 1. The Bertz CT molecular complexity index is 777. The number of carbonyl (C=O) groups excluding carboxylic acids is 1. The maximum absolute atomic E-state index is 12.8. The molecule has 4 N–H and O–H groups in total. The van der Waals surface area contributed by atoms with E-state index in [2.05, 4.69) is 16.0 Å². The van der Waals surface area contributed by atoms with Gasteiger partial charge in [-0.2, -0.15) is 5.26 Å². The molecule has 0 aliphatic carbocycles. The Hall–Kier alpha value is -3.15. The lowest BCUT2D eigenvalue weighted by molar-refractivity contribution is 0.106. The van der Waals surface area contributed by atoms with E-state index in [-0.39, 0.29) is 19.0 Å². The zero-order valence-corrected chi connectivity index (χ0v) is 14.6. The number of hydrogen-bond donors (Lipinski definition) is 4. The van der Waals surface area contributed by atoms with Crippen LogP contribution in [-0.4, -0.2) is 43.5 Å². The second kappa shape index (κ2) is 10.8. The number of benzene rings is 2. The third-order valence-electron chi connectivity index (χ3n) is 3.51. The van der Waals surface area contributed by atoms with E-state index in [1.54, 1.807) is 24.3 Å². The molecule has 2 amide bonds. The Morgan fingerprint density at radius 3 is 2.67 bits per heavy atom. The van der Waals surface area contributed by atoms with Gasteiger partial charge in [-0.1, -0.05) is 12.1 Å². The third kappa shape index (κ3) is 7.32. The highest BCUT2D eigenvalue weighted by atomic mass is 19.1. The van der Waals surface area contributed by atoms with Crippen LogP contribution in [0.3, 0.4) is 0 Å². The molecule has 2 aromatic rings. The molecule has 2 aromatic carbocycles. The van der Waals surface area contributed by atoms with Gasteiger partial charge in [0, 0.05) is 25.3 Å². The van der Waals surface area contributed by atoms with Crippen LogP contribution < -0.4 is 20.7 Å². The van der Waals surface area contributed by atoms with Crippen molar-refractivity contribution in [2.45, 2.75) is 6.10 Å². The van der Waals surface area contributed by atoms with Crippen molar-refractivity contribution in [1.29, 1.82) is 5.26 Å². The molecular formula is C19H21FN4O3. The van der Waals surface area contributed by atoms with Crippen molar-refractivity contribution in [3.8, 4) is 11.8 Å². The van der Waals surface area contributed by atoms with E-state index in [1.165, 1.54) is 24.3 Å². The number of anilines is 1. The number of amides is 2. The molecule has 0 aliphatic rings. The molecule has 0 fully saturated rings. The molecule has 142 valence electrons. The number of hydrogen-bond acceptors (Lipinski definition) is 5. The topological polar surface area (TPSA) is 106 Å². The molecule has 0 bridgehead atoms. The Morgan fingerprint density at radius 2 is 1.93 bits per heavy atom. The van der Waals surface area contributed by atoms with Crippen LogP contribution in [0, 0.1) is 17.1 Å². The van der Waals surface area contributed by atoms with E-state index in [9.17, 15) is 14.3 Å². The van der Waals surface area contributed by atoms with Gasteiger partial charge in [-0.25, -0.2) is 9.18 Å². The predicted octanol–water partition coefficient (Wildman–Crippen LogP) is 1.85. The van der Waals surface area contributed by atoms with Crippen molar-refractivity contribution < 1.29 is 19.0 Å². The average molecular weight is 372 g/mol. The summed E-state index contributed by atoms with van der Waals surface area (Å²) in [5.74, 6) is 0.0574. The maximum Gasteiger partial charge on any atom is 0.319 e. The lowest BCUT2D eigenvalue weighted by Crippen LogP contribution is -2.38. The summed E-state index contributed by atoms with van der Waals surface area (Å²) >= 11 is 0. The van der Waals surface area contributed by atoms with Crippen LogP contribution in [0.15, 0.2) is 48.5 Å². The van der Waals surface area contributed by atoms with Gasteiger partial charge in [0.15, 0.2) is 0 Å². The van der Waals surface area contributed by atoms with Crippen LogP contribution in [0.25, 0.3) is 0 Å². The fraction of sp³-hybridized carbons (Fsp3) is 0.263. The van der Waals surface area contributed by atoms with Crippen molar-refractivity contribution >= 4 is 11.7 Å². The number of urea groups is 1. The molecule has 1 atom stereocenters. The highest BCUT2D eigenvalue weighted by Gasteiger charge is 2.07. The summed E-state index contributed by atoms with van der Waals surface area (Å²) in [5.41, 5.74) is 0.904. The maximum atomic E-state index is 12.8. The van der Waals surface area contributed by atoms with Crippen LogP contribution in [0.5, 0.6) is 5.75 Å². The van der Waals surface area contributed by atoms with Gasteiger partial charge in [0.25, 0.3) is 0 Å². The van der Waals surface area contributed by atoms with Crippen LogP contribution in [0.1, 0.15) is 5.56 Å². The van der Waals surface area contributed by atoms with Crippen molar-refractivity contribution in [2.75, 3.05) is 31.6 Å². The minimum absolute atomic E-state index is 0.0458. The molecule has 8 heteroatoms. The predicted molar refractivity (Wildman–Crippen MR) is 98.9 cm³/mol. The second-order valence-corrected chi connectivity index (χ2v) is 5.66. The first-order chi connectivity index (χ1) is 13.1. The van der Waals surface area contributed by atoms with Crippen LogP contribution in [0.2, 0.25) is 0 Å². The Morgan fingerprint density at radius 1 is 1.19 bits per heavy atom. The molecule has 0 saturated carbocycles. The van der Waals surface area contributed by atoms with Gasteiger partial charge in [-0.15, -0.1) is 0 Å². The lowest BCUT2D eigenvalue weighted by Gasteiger charge is -2.14. The van der Waals surface area contributed by atoms with Gasteiger partial charge < -0.3 is 25.8 Å². The Kier molecular flexibility index (Phi) is 8.03. The number of carbonyl (C=O) groups is 1. The summed E-state index contributed by atoms with van der Waals surface area (Å²) in [6, 6.07) is 13.9. The minimum Gasteiger partial charge on any atom is -0.489 e. The quantitative estimate of drug-likeness (QED) is 0.503. The number of rotatable bonds is 9. The first-order valence-electron chi connectivity index (χ1n) is 8.39. The number of ether oxygens (including phenoxy) is 1. The lowest BCUT2D eigenvalue weighted by atomic mass is 10.2. The molecule has 0 unspecified atom stereocenters. The molecule has 0 saturated heterocycles. The summed E-state index contributed by atoms with van der Waals surface area (Å²) in [4.78, 5) is 11.7.